The lowest BCUT2D eigenvalue weighted by molar-refractivity contribution is 0.196. The van der Waals surface area contributed by atoms with Crippen LogP contribution in [0.2, 0.25) is 0 Å². The summed E-state index contributed by atoms with van der Waals surface area (Å²) < 4.78 is 0. The molecule has 6 nitrogen and oxygen atoms in total. The maximum atomic E-state index is 4.42. The molecule has 0 spiro atoms. The Hall–Kier alpha value is -1.60. The summed E-state index contributed by atoms with van der Waals surface area (Å²) in [6.45, 7) is 2.95. The molecule has 1 aliphatic heterocycles. The molecule has 3 heterocycles. The fourth-order valence-corrected chi connectivity index (χ4v) is 4.64. The van der Waals surface area contributed by atoms with Gasteiger partial charge in [0.25, 0.3) is 0 Å². The van der Waals surface area contributed by atoms with E-state index in [9.17, 15) is 0 Å². The van der Waals surface area contributed by atoms with Gasteiger partial charge in [0, 0.05) is 25.0 Å². The van der Waals surface area contributed by atoms with E-state index < -0.39 is 0 Å². The Kier molecular flexibility index (Phi) is 3.52. The van der Waals surface area contributed by atoms with Crippen LogP contribution >= 0.6 is 11.3 Å². The Morgan fingerprint density at radius 2 is 2.04 bits per heavy atom. The highest BCUT2D eigenvalue weighted by molar-refractivity contribution is 7.11. The number of likely N-dealkylation sites (N-methyl/N-ethyl adjacent to an activating group) is 1. The molecule has 0 amide bonds. The van der Waals surface area contributed by atoms with Crippen molar-refractivity contribution >= 4 is 17.2 Å². The van der Waals surface area contributed by atoms with E-state index in [0.29, 0.717) is 12.0 Å². The molecule has 0 N–H and O–H groups in total. The Morgan fingerprint density at radius 3 is 2.88 bits per heavy atom. The summed E-state index contributed by atoms with van der Waals surface area (Å²) in [4.78, 5) is 4.73. The Bertz CT molecular complexity index is 749. The molecule has 2 aromatic heterocycles. The number of hydrogen-bond acceptors (Lipinski definition) is 7. The van der Waals surface area contributed by atoms with Gasteiger partial charge in [-0.25, -0.2) is 0 Å². The SMILES string of the molecule is CN(Cc1nnc(C2CC2)s1)C1CN(c2cc3c(nn2)CCC3)C1. The third kappa shape index (κ3) is 2.69. The number of anilines is 1. The van der Waals surface area contributed by atoms with Gasteiger partial charge in [-0.15, -0.1) is 15.3 Å². The van der Waals surface area contributed by atoms with Gasteiger partial charge in [0.1, 0.15) is 10.0 Å². The van der Waals surface area contributed by atoms with Crippen LogP contribution < -0.4 is 4.90 Å². The first-order chi connectivity index (χ1) is 11.8. The number of fused-ring (bicyclic) bond motifs is 1. The number of hydrogen-bond donors (Lipinski definition) is 0. The maximum Gasteiger partial charge on any atom is 0.151 e. The molecule has 2 aliphatic carbocycles. The summed E-state index contributed by atoms with van der Waals surface area (Å²) in [5.41, 5.74) is 2.61. The van der Waals surface area contributed by atoms with Crippen molar-refractivity contribution in [3.05, 3.63) is 27.3 Å². The minimum Gasteiger partial charge on any atom is -0.352 e. The van der Waals surface area contributed by atoms with Crippen LogP contribution in [-0.2, 0) is 19.4 Å². The molecule has 0 bridgehead atoms. The van der Waals surface area contributed by atoms with Gasteiger partial charge in [-0.3, -0.25) is 4.90 Å². The number of aryl methyl sites for hydroxylation is 2. The van der Waals surface area contributed by atoms with Crippen LogP contribution in [0, 0.1) is 0 Å². The van der Waals surface area contributed by atoms with Gasteiger partial charge in [-0.05, 0) is 50.8 Å². The first kappa shape index (κ1) is 14.7. The van der Waals surface area contributed by atoms with Crippen molar-refractivity contribution < 1.29 is 0 Å². The molecule has 1 saturated heterocycles. The lowest BCUT2D eigenvalue weighted by Gasteiger charge is -2.44. The van der Waals surface area contributed by atoms with Gasteiger partial charge in [-0.2, -0.15) is 5.10 Å². The molecule has 126 valence electrons. The van der Waals surface area contributed by atoms with Crippen molar-refractivity contribution in [3.63, 3.8) is 0 Å². The molecule has 24 heavy (non-hydrogen) atoms. The molecule has 7 heteroatoms. The summed E-state index contributed by atoms with van der Waals surface area (Å²) in [7, 11) is 2.19. The number of aromatic nitrogens is 4. The normalized spacial score (nSPS) is 20.5. The van der Waals surface area contributed by atoms with Gasteiger partial charge in [0.15, 0.2) is 5.82 Å². The van der Waals surface area contributed by atoms with Crippen LogP contribution in [0.5, 0.6) is 0 Å². The molecule has 2 aromatic rings. The molecule has 0 radical (unpaired) electrons. The smallest absolute Gasteiger partial charge is 0.151 e. The standard InChI is InChI=1S/C17H22N6S/c1-22(10-16-20-21-17(24-16)11-5-6-11)13-8-23(9-13)15-7-12-3-2-4-14(12)18-19-15/h7,11,13H,2-6,8-10H2,1H3. The molecule has 0 atom stereocenters. The first-order valence-electron chi connectivity index (χ1n) is 8.89. The third-order valence-corrected chi connectivity index (χ3v) is 6.48. The van der Waals surface area contributed by atoms with E-state index in [1.807, 2.05) is 0 Å². The predicted molar refractivity (Wildman–Crippen MR) is 93.4 cm³/mol. The molecule has 1 saturated carbocycles. The zero-order chi connectivity index (χ0) is 16.1. The van der Waals surface area contributed by atoms with E-state index in [1.54, 1.807) is 11.3 Å². The average molecular weight is 342 g/mol. The average Bonchev–Trinajstić information content (AvgIpc) is 3.09. The fraction of sp³-hybridized carbons (Fsp3) is 0.647. The highest BCUT2D eigenvalue weighted by Crippen LogP contribution is 2.41. The largest absolute Gasteiger partial charge is 0.352 e. The number of nitrogens with zero attached hydrogens (tertiary/aromatic N) is 6. The Morgan fingerprint density at radius 1 is 1.17 bits per heavy atom. The molecule has 0 unspecified atom stereocenters. The molecule has 0 aromatic carbocycles. The van der Waals surface area contributed by atoms with Crippen LogP contribution in [0.15, 0.2) is 6.07 Å². The monoisotopic (exact) mass is 342 g/mol. The van der Waals surface area contributed by atoms with Crippen LogP contribution in [0.25, 0.3) is 0 Å². The fourth-order valence-electron chi connectivity index (χ4n) is 3.56. The zero-order valence-electron chi connectivity index (χ0n) is 14.0. The molecular formula is C17H22N6S. The lowest BCUT2D eigenvalue weighted by Crippen LogP contribution is -2.58. The lowest BCUT2D eigenvalue weighted by atomic mass is 10.1. The van der Waals surface area contributed by atoms with Crippen molar-refractivity contribution in [2.24, 2.45) is 0 Å². The van der Waals surface area contributed by atoms with E-state index in [1.165, 1.54) is 35.5 Å². The minimum atomic E-state index is 0.563. The summed E-state index contributed by atoms with van der Waals surface area (Å²) >= 11 is 1.79. The van der Waals surface area contributed by atoms with E-state index in [0.717, 1.165) is 43.3 Å². The van der Waals surface area contributed by atoms with Gasteiger partial charge in [0.2, 0.25) is 0 Å². The summed E-state index contributed by atoms with van der Waals surface area (Å²) in [6.07, 6.45) is 6.07. The predicted octanol–water partition coefficient (Wildman–Crippen LogP) is 2.01. The molecule has 5 rings (SSSR count). The third-order valence-electron chi connectivity index (χ3n) is 5.41. The van der Waals surface area contributed by atoms with Gasteiger partial charge < -0.3 is 4.90 Å². The molecule has 2 fully saturated rings. The Balaban J connectivity index is 1.18. The second-order valence-electron chi connectivity index (χ2n) is 7.31. The topological polar surface area (TPSA) is 58.0 Å². The second-order valence-corrected chi connectivity index (χ2v) is 8.40. The summed E-state index contributed by atoms with van der Waals surface area (Å²) in [5, 5.41) is 19.9. The molecule has 3 aliphatic rings. The van der Waals surface area contributed by atoms with Crippen LogP contribution in [0.3, 0.4) is 0 Å². The van der Waals surface area contributed by atoms with Crippen LogP contribution in [-0.4, -0.2) is 51.5 Å². The number of rotatable bonds is 5. The first-order valence-corrected chi connectivity index (χ1v) is 9.71. The summed E-state index contributed by atoms with van der Waals surface area (Å²) in [5.74, 6) is 1.76. The summed E-state index contributed by atoms with van der Waals surface area (Å²) in [6, 6.07) is 2.81. The maximum absolute atomic E-state index is 4.42. The zero-order valence-corrected chi connectivity index (χ0v) is 14.8. The van der Waals surface area contributed by atoms with Crippen molar-refractivity contribution in [2.45, 2.75) is 50.6 Å². The van der Waals surface area contributed by atoms with E-state index >= 15 is 0 Å². The van der Waals surface area contributed by atoms with Crippen molar-refractivity contribution in [2.75, 3.05) is 25.0 Å². The molecular weight excluding hydrogens is 320 g/mol. The highest BCUT2D eigenvalue weighted by atomic mass is 32.1. The van der Waals surface area contributed by atoms with E-state index in [4.69, 9.17) is 0 Å². The Labute approximate surface area is 145 Å². The van der Waals surface area contributed by atoms with E-state index in [-0.39, 0.29) is 0 Å². The quantitative estimate of drug-likeness (QED) is 0.828. The van der Waals surface area contributed by atoms with Gasteiger partial charge in [0.05, 0.1) is 12.2 Å². The van der Waals surface area contributed by atoms with Crippen molar-refractivity contribution in [1.82, 2.24) is 25.3 Å². The van der Waals surface area contributed by atoms with Crippen LogP contribution in [0.4, 0.5) is 5.82 Å². The van der Waals surface area contributed by atoms with Crippen LogP contribution in [0.1, 0.15) is 46.5 Å². The van der Waals surface area contributed by atoms with Gasteiger partial charge >= 0.3 is 0 Å². The van der Waals surface area contributed by atoms with E-state index in [2.05, 4.69) is 43.3 Å². The van der Waals surface area contributed by atoms with Crippen molar-refractivity contribution in [3.8, 4) is 0 Å². The second kappa shape index (κ2) is 5.74. The minimum absolute atomic E-state index is 0.563. The van der Waals surface area contributed by atoms with Gasteiger partial charge in [-0.1, -0.05) is 11.3 Å². The highest BCUT2D eigenvalue weighted by Gasteiger charge is 2.33. The van der Waals surface area contributed by atoms with Crippen molar-refractivity contribution in [1.29, 1.82) is 0 Å².